The maximum Gasteiger partial charge on any atom is 0.167 e. The molecule has 0 amide bonds. The first-order valence-electron chi connectivity index (χ1n) is 4.66. The van der Waals surface area contributed by atoms with Gasteiger partial charge in [-0.05, 0) is 28.1 Å². The molecule has 0 saturated heterocycles. The number of benzene rings is 1. The monoisotopic (exact) mass is 265 g/mol. The number of hydrogen-bond acceptors (Lipinski definition) is 3. The summed E-state index contributed by atoms with van der Waals surface area (Å²) in [5.74, 6) is 1.72. The highest BCUT2D eigenvalue weighted by atomic mass is 79.9. The summed E-state index contributed by atoms with van der Waals surface area (Å²) in [5, 5.41) is 8.03. The Morgan fingerprint density at radius 3 is 3.27 bits per heavy atom. The predicted molar refractivity (Wildman–Crippen MR) is 58.7 cm³/mol. The number of nitrogens with zero attached hydrogens (tertiary/aromatic N) is 3. The first kappa shape index (κ1) is 8.91. The largest absolute Gasteiger partial charge is 0.490 e. The molecule has 0 spiro atoms. The molecule has 2 heterocycles. The minimum atomic E-state index is 0.640. The molecule has 3 rings (SSSR count). The smallest absolute Gasteiger partial charge is 0.167 e. The van der Waals surface area contributed by atoms with Crippen molar-refractivity contribution in [2.75, 3.05) is 6.61 Å². The molecule has 1 aliphatic rings. The summed E-state index contributed by atoms with van der Waals surface area (Å²) in [6.07, 6.45) is 1.73. The molecule has 0 saturated carbocycles. The highest BCUT2D eigenvalue weighted by Gasteiger charge is 2.18. The van der Waals surface area contributed by atoms with Gasteiger partial charge in [0.25, 0.3) is 0 Å². The number of ether oxygens (including phenoxy) is 1. The van der Waals surface area contributed by atoms with Crippen molar-refractivity contribution < 1.29 is 4.74 Å². The molecule has 1 aromatic carbocycles. The van der Waals surface area contributed by atoms with Gasteiger partial charge in [-0.3, -0.25) is 0 Å². The Bertz CT molecular complexity index is 509. The molecular weight excluding hydrogens is 258 g/mol. The van der Waals surface area contributed by atoms with E-state index in [1.165, 1.54) is 0 Å². The van der Waals surface area contributed by atoms with Gasteiger partial charge >= 0.3 is 0 Å². The van der Waals surface area contributed by atoms with Crippen LogP contribution in [-0.4, -0.2) is 21.4 Å². The van der Waals surface area contributed by atoms with E-state index in [1.54, 1.807) is 6.33 Å². The van der Waals surface area contributed by atoms with Crippen LogP contribution in [0, 0.1) is 0 Å². The van der Waals surface area contributed by atoms with Crippen LogP contribution in [0.1, 0.15) is 0 Å². The Kier molecular flexibility index (Phi) is 1.98. The molecule has 0 N–H and O–H groups in total. The van der Waals surface area contributed by atoms with E-state index < -0.39 is 0 Å². The Morgan fingerprint density at radius 1 is 1.40 bits per heavy atom. The highest BCUT2D eigenvalue weighted by molar-refractivity contribution is 9.10. The lowest BCUT2D eigenvalue weighted by Gasteiger charge is -2.07. The molecule has 76 valence electrons. The van der Waals surface area contributed by atoms with Gasteiger partial charge in [0.15, 0.2) is 5.82 Å². The van der Waals surface area contributed by atoms with E-state index in [4.69, 9.17) is 4.74 Å². The van der Waals surface area contributed by atoms with E-state index in [9.17, 15) is 0 Å². The molecule has 1 aliphatic heterocycles. The Balaban J connectivity index is 2.29. The lowest BCUT2D eigenvalue weighted by molar-refractivity contribution is 0.304. The summed E-state index contributed by atoms with van der Waals surface area (Å²) in [6, 6.07) is 5.92. The Labute approximate surface area is 95.0 Å². The number of para-hydroxylation sites is 1. The highest BCUT2D eigenvalue weighted by Crippen LogP contribution is 2.36. The van der Waals surface area contributed by atoms with Crippen LogP contribution in [0.3, 0.4) is 0 Å². The zero-order valence-electron chi connectivity index (χ0n) is 7.85. The van der Waals surface area contributed by atoms with Crippen molar-refractivity contribution in [2.45, 2.75) is 6.54 Å². The van der Waals surface area contributed by atoms with Crippen LogP contribution in [0.25, 0.3) is 11.4 Å². The normalized spacial score (nSPS) is 13.7. The van der Waals surface area contributed by atoms with Crippen LogP contribution in [0.5, 0.6) is 5.75 Å². The minimum absolute atomic E-state index is 0.640. The summed E-state index contributed by atoms with van der Waals surface area (Å²) in [4.78, 5) is 0. The molecule has 0 radical (unpaired) electrons. The average molecular weight is 266 g/mol. The molecule has 0 fully saturated rings. The zero-order valence-corrected chi connectivity index (χ0v) is 9.44. The molecule has 1 aromatic heterocycles. The average Bonchev–Trinajstić information content (AvgIpc) is 2.62. The van der Waals surface area contributed by atoms with E-state index in [-0.39, 0.29) is 0 Å². The maximum absolute atomic E-state index is 5.68. The van der Waals surface area contributed by atoms with Crippen molar-refractivity contribution in [3.8, 4) is 17.1 Å². The topological polar surface area (TPSA) is 39.9 Å². The molecule has 0 bridgehead atoms. The molecule has 2 aromatic rings. The predicted octanol–water partition coefficient (Wildman–Crippen LogP) is 2.10. The summed E-state index contributed by atoms with van der Waals surface area (Å²) in [5.41, 5.74) is 0.986. The molecule has 4 nitrogen and oxygen atoms in total. The molecule has 0 atom stereocenters. The van der Waals surface area contributed by atoms with Crippen molar-refractivity contribution >= 4 is 15.9 Å². The van der Waals surface area contributed by atoms with Gasteiger partial charge in [-0.1, -0.05) is 6.07 Å². The second-order valence-corrected chi connectivity index (χ2v) is 4.17. The van der Waals surface area contributed by atoms with E-state index in [2.05, 4.69) is 26.1 Å². The van der Waals surface area contributed by atoms with Gasteiger partial charge in [-0.25, -0.2) is 0 Å². The second-order valence-electron chi connectivity index (χ2n) is 3.31. The minimum Gasteiger partial charge on any atom is -0.490 e. The van der Waals surface area contributed by atoms with Gasteiger partial charge in [0.2, 0.25) is 0 Å². The van der Waals surface area contributed by atoms with Crippen molar-refractivity contribution in [3.05, 3.63) is 29.0 Å². The first-order chi connectivity index (χ1) is 7.36. The van der Waals surface area contributed by atoms with Crippen molar-refractivity contribution in [3.63, 3.8) is 0 Å². The van der Waals surface area contributed by atoms with Gasteiger partial charge in [0, 0.05) is 0 Å². The zero-order chi connectivity index (χ0) is 10.3. The standard InChI is InChI=1S/C10H8BrN3O/c11-8-3-1-2-7-9(8)15-5-4-14-6-12-13-10(7)14/h1-3,6H,4-5H2. The number of fused-ring (bicyclic) bond motifs is 3. The van der Waals surface area contributed by atoms with Crippen LogP contribution < -0.4 is 4.74 Å². The Morgan fingerprint density at radius 2 is 2.33 bits per heavy atom. The van der Waals surface area contributed by atoms with Crippen LogP contribution in [0.2, 0.25) is 0 Å². The van der Waals surface area contributed by atoms with Crippen LogP contribution >= 0.6 is 15.9 Å². The molecule has 15 heavy (non-hydrogen) atoms. The van der Waals surface area contributed by atoms with Crippen LogP contribution in [0.15, 0.2) is 29.0 Å². The van der Waals surface area contributed by atoms with Crippen molar-refractivity contribution in [1.82, 2.24) is 14.8 Å². The van der Waals surface area contributed by atoms with Gasteiger partial charge in [0.1, 0.15) is 18.7 Å². The number of hydrogen-bond donors (Lipinski definition) is 0. The molecular formula is C10H8BrN3O. The third-order valence-corrected chi connectivity index (χ3v) is 3.03. The number of rotatable bonds is 0. The summed E-state index contributed by atoms with van der Waals surface area (Å²) in [6.45, 7) is 1.42. The molecule has 5 heteroatoms. The van der Waals surface area contributed by atoms with Gasteiger partial charge in [-0.2, -0.15) is 0 Å². The lowest BCUT2D eigenvalue weighted by atomic mass is 10.2. The van der Waals surface area contributed by atoms with Crippen molar-refractivity contribution in [2.24, 2.45) is 0 Å². The fourth-order valence-electron chi connectivity index (χ4n) is 1.70. The second kappa shape index (κ2) is 3.34. The lowest BCUT2D eigenvalue weighted by Crippen LogP contribution is -2.04. The molecule has 0 unspecified atom stereocenters. The van der Waals surface area contributed by atoms with Crippen LogP contribution in [-0.2, 0) is 6.54 Å². The number of halogens is 1. The molecule has 0 aliphatic carbocycles. The number of aromatic nitrogens is 3. The van der Waals surface area contributed by atoms with Crippen LogP contribution in [0.4, 0.5) is 0 Å². The fraction of sp³-hybridized carbons (Fsp3) is 0.200. The van der Waals surface area contributed by atoms with E-state index in [0.717, 1.165) is 28.2 Å². The first-order valence-corrected chi connectivity index (χ1v) is 5.45. The third kappa shape index (κ3) is 1.34. The SMILES string of the molecule is Brc1cccc2c1OCCn1cnnc1-2. The van der Waals surface area contributed by atoms with Crippen molar-refractivity contribution in [1.29, 1.82) is 0 Å². The van der Waals surface area contributed by atoms with E-state index in [1.807, 2.05) is 22.8 Å². The third-order valence-electron chi connectivity index (χ3n) is 2.40. The quantitative estimate of drug-likeness (QED) is 0.733. The van der Waals surface area contributed by atoms with E-state index >= 15 is 0 Å². The summed E-state index contributed by atoms with van der Waals surface area (Å²) >= 11 is 3.47. The Hall–Kier alpha value is -1.36. The van der Waals surface area contributed by atoms with Gasteiger partial charge in [0.05, 0.1) is 16.6 Å². The summed E-state index contributed by atoms with van der Waals surface area (Å²) in [7, 11) is 0. The summed E-state index contributed by atoms with van der Waals surface area (Å²) < 4.78 is 8.64. The maximum atomic E-state index is 5.68. The van der Waals surface area contributed by atoms with Gasteiger partial charge < -0.3 is 9.30 Å². The van der Waals surface area contributed by atoms with E-state index in [0.29, 0.717) is 6.61 Å². The fourth-order valence-corrected chi connectivity index (χ4v) is 2.19. The van der Waals surface area contributed by atoms with Gasteiger partial charge in [-0.15, -0.1) is 10.2 Å².